The van der Waals surface area contributed by atoms with Gasteiger partial charge in [0.05, 0.1) is 0 Å². The van der Waals surface area contributed by atoms with E-state index in [9.17, 15) is 18.0 Å². The number of carbonyl (C=O) groups excluding carboxylic acids is 1. The van der Waals surface area contributed by atoms with Gasteiger partial charge in [-0.05, 0) is 24.3 Å². The van der Waals surface area contributed by atoms with Gasteiger partial charge in [-0.3, -0.25) is 4.79 Å². The molecule has 0 unspecified atom stereocenters. The summed E-state index contributed by atoms with van der Waals surface area (Å²) in [4.78, 5) is 15.7. The van der Waals surface area contributed by atoms with Crippen LogP contribution >= 0.6 is 11.6 Å². The van der Waals surface area contributed by atoms with Crippen LogP contribution in [0.4, 0.5) is 13.2 Å². The second-order valence-corrected chi connectivity index (χ2v) is 5.00. The number of hydrogen-bond acceptors (Lipinski definition) is 3. The molecule has 8 heteroatoms. The number of aromatic nitrogens is 1. The van der Waals surface area contributed by atoms with E-state index in [1.807, 2.05) is 0 Å². The zero-order chi connectivity index (χ0) is 16.9. The lowest BCUT2D eigenvalue weighted by Crippen LogP contribution is -2.24. The quantitative estimate of drug-likeness (QED) is 0.901. The Labute approximate surface area is 135 Å². The van der Waals surface area contributed by atoms with Gasteiger partial charge in [-0.15, -0.1) is 0 Å². The number of alkyl halides is 3. The molecule has 1 aromatic heterocycles. The van der Waals surface area contributed by atoms with Crippen LogP contribution in [0.15, 0.2) is 42.6 Å². The maximum atomic E-state index is 12.2. The minimum Gasteiger partial charge on any atom is -0.468 e. The first-order valence-corrected chi connectivity index (χ1v) is 6.90. The van der Waals surface area contributed by atoms with Crippen molar-refractivity contribution in [2.45, 2.75) is 12.7 Å². The molecule has 0 spiro atoms. The summed E-state index contributed by atoms with van der Waals surface area (Å²) < 4.78 is 41.3. The van der Waals surface area contributed by atoms with Crippen molar-refractivity contribution in [2.75, 3.05) is 6.61 Å². The van der Waals surface area contributed by atoms with Crippen molar-refractivity contribution in [2.24, 2.45) is 0 Å². The normalized spacial score (nSPS) is 11.1. The number of benzene rings is 1. The van der Waals surface area contributed by atoms with Crippen LogP contribution in [-0.4, -0.2) is 23.7 Å². The number of halogens is 4. The number of pyridine rings is 1. The highest BCUT2D eigenvalue weighted by atomic mass is 35.5. The minimum absolute atomic E-state index is 0.0215. The smallest absolute Gasteiger partial charge is 0.422 e. The average Bonchev–Trinajstić information content (AvgIpc) is 2.50. The van der Waals surface area contributed by atoms with E-state index in [1.54, 1.807) is 24.3 Å². The van der Waals surface area contributed by atoms with E-state index in [0.29, 0.717) is 16.1 Å². The lowest BCUT2D eigenvalue weighted by Gasteiger charge is -2.12. The standard InChI is InChI=1S/C15H12ClF3N2O2/c16-12-5-1-3-10(7-12)13(22)21-8-11-4-2-6-20-14(11)23-9-15(17,18)19/h1-7H,8-9H2,(H,21,22). The molecule has 1 aromatic carbocycles. The highest BCUT2D eigenvalue weighted by molar-refractivity contribution is 6.30. The third-order valence-electron chi connectivity index (χ3n) is 2.75. The van der Waals surface area contributed by atoms with Crippen molar-refractivity contribution in [3.63, 3.8) is 0 Å². The Hall–Kier alpha value is -2.28. The van der Waals surface area contributed by atoms with Crippen molar-refractivity contribution >= 4 is 17.5 Å². The molecule has 122 valence electrons. The third-order valence-corrected chi connectivity index (χ3v) is 2.98. The van der Waals surface area contributed by atoms with Crippen molar-refractivity contribution in [3.8, 4) is 5.88 Å². The number of nitrogens with zero attached hydrogens (tertiary/aromatic N) is 1. The predicted molar refractivity (Wildman–Crippen MR) is 78.4 cm³/mol. The Morgan fingerprint density at radius 1 is 1.26 bits per heavy atom. The first-order valence-electron chi connectivity index (χ1n) is 6.52. The van der Waals surface area contributed by atoms with Gasteiger partial charge in [0.15, 0.2) is 6.61 Å². The maximum absolute atomic E-state index is 12.2. The van der Waals surface area contributed by atoms with E-state index in [1.165, 1.54) is 18.3 Å². The predicted octanol–water partition coefficient (Wildman–Crippen LogP) is 3.61. The first-order chi connectivity index (χ1) is 10.8. The zero-order valence-corrected chi connectivity index (χ0v) is 12.5. The summed E-state index contributed by atoms with van der Waals surface area (Å²) in [6.07, 6.45) is -3.15. The lowest BCUT2D eigenvalue weighted by atomic mass is 10.2. The Balaban J connectivity index is 2.01. The molecule has 0 saturated heterocycles. The highest BCUT2D eigenvalue weighted by Crippen LogP contribution is 2.20. The molecule has 0 aliphatic rings. The monoisotopic (exact) mass is 344 g/mol. The number of carbonyl (C=O) groups is 1. The fourth-order valence-electron chi connectivity index (χ4n) is 1.75. The molecule has 1 heterocycles. The second-order valence-electron chi connectivity index (χ2n) is 4.56. The molecule has 0 bridgehead atoms. The molecule has 0 aliphatic heterocycles. The summed E-state index contributed by atoms with van der Waals surface area (Å²) >= 11 is 5.80. The fourth-order valence-corrected chi connectivity index (χ4v) is 1.94. The molecule has 2 aromatic rings. The van der Waals surface area contributed by atoms with Crippen LogP contribution in [0, 0.1) is 0 Å². The third kappa shape index (κ3) is 5.45. The van der Waals surface area contributed by atoms with Crippen LogP contribution in [-0.2, 0) is 6.54 Å². The van der Waals surface area contributed by atoms with Crippen LogP contribution in [0.5, 0.6) is 5.88 Å². The molecule has 4 nitrogen and oxygen atoms in total. The van der Waals surface area contributed by atoms with Crippen LogP contribution in [0.3, 0.4) is 0 Å². The first kappa shape index (κ1) is 17.1. The van der Waals surface area contributed by atoms with Crippen LogP contribution in [0.1, 0.15) is 15.9 Å². The molecular weight excluding hydrogens is 333 g/mol. The van der Waals surface area contributed by atoms with Gasteiger partial charge in [-0.2, -0.15) is 13.2 Å². The molecular formula is C15H12ClF3N2O2. The number of hydrogen-bond donors (Lipinski definition) is 1. The second kappa shape index (κ2) is 7.32. The van der Waals surface area contributed by atoms with Gasteiger partial charge in [0, 0.05) is 28.9 Å². The summed E-state index contributed by atoms with van der Waals surface area (Å²) in [6, 6.07) is 9.38. The molecule has 0 radical (unpaired) electrons. The van der Waals surface area contributed by atoms with Gasteiger partial charge < -0.3 is 10.1 Å². The van der Waals surface area contributed by atoms with Gasteiger partial charge >= 0.3 is 6.18 Å². The Kier molecular flexibility index (Phi) is 5.44. The summed E-state index contributed by atoms with van der Waals surface area (Å²) in [6.45, 7) is -1.47. The number of amides is 1. The van der Waals surface area contributed by atoms with Gasteiger partial charge in [-0.1, -0.05) is 23.7 Å². The van der Waals surface area contributed by atoms with E-state index < -0.39 is 18.7 Å². The maximum Gasteiger partial charge on any atom is 0.422 e. The van der Waals surface area contributed by atoms with Gasteiger partial charge in [0.25, 0.3) is 5.91 Å². The zero-order valence-electron chi connectivity index (χ0n) is 11.7. The molecule has 2 rings (SSSR count). The van der Waals surface area contributed by atoms with Crippen molar-refractivity contribution in [3.05, 3.63) is 58.7 Å². The van der Waals surface area contributed by atoms with E-state index in [2.05, 4.69) is 15.0 Å². The van der Waals surface area contributed by atoms with Gasteiger partial charge in [0.1, 0.15) is 0 Å². The summed E-state index contributed by atoms with van der Waals surface area (Å²) in [5.74, 6) is -0.575. The molecule has 0 saturated carbocycles. The Bertz CT molecular complexity index is 692. The van der Waals surface area contributed by atoms with E-state index in [4.69, 9.17) is 11.6 Å². The van der Waals surface area contributed by atoms with Gasteiger partial charge in [0.2, 0.25) is 5.88 Å². The number of nitrogens with one attached hydrogen (secondary N) is 1. The van der Waals surface area contributed by atoms with E-state index >= 15 is 0 Å². The SMILES string of the molecule is O=C(NCc1cccnc1OCC(F)(F)F)c1cccc(Cl)c1. The number of rotatable bonds is 5. The van der Waals surface area contributed by atoms with Crippen LogP contribution in [0.2, 0.25) is 5.02 Å². The molecule has 23 heavy (non-hydrogen) atoms. The number of ether oxygens (including phenoxy) is 1. The van der Waals surface area contributed by atoms with E-state index in [0.717, 1.165) is 0 Å². The van der Waals surface area contributed by atoms with Crippen molar-refractivity contribution in [1.29, 1.82) is 0 Å². The molecule has 0 atom stereocenters. The van der Waals surface area contributed by atoms with E-state index in [-0.39, 0.29) is 12.4 Å². The average molecular weight is 345 g/mol. The van der Waals surface area contributed by atoms with Crippen LogP contribution in [0.25, 0.3) is 0 Å². The Morgan fingerprint density at radius 2 is 2.04 bits per heavy atom. The highest BCUT2D eigenvalue weighted by Gasteiger charge is 2.29. The minimum atomic E-state index is -4.46. The van der Waals surface area contributed by atoms with Gasteiger partial charge in [-0.25, -0.2) is 4.98 Å². The van der Waals surface area contributed by atoms with Crippen molar-refractivity contribution < 1.29 is 22.7 Å². The largest absolute Gasteiger partial charge is 0.468 e. The summed E-state index contributed by atoms with van der Waals surface area (Å²) in [5, 5.41) is 2.99. The lowest BCUT2D eigenvalue weighted by molar-refractivity contribution is -0.154. The summed E-state index contributed by atoms with van der Waals surface area (Å²) in [7, 11) is 0. The molecule has 1 amide bonds. The summed E-state index contributed by atoms with van der Waals surface area (Å²) in [5.41, 5.74) is 0.686. The van der Waals surface area contributed by atoms with Crippen LogP contribution < -0.4 is 10.1 Å². The Morgan fingerprint density at radius 3 is 2.74 bits per heavy atom. The van der Waals surface area contributed by atoms with Crippen molar-refractivity contribution in [1.82, 2.24) is 10.3 Å². The molecule has 1 N–H and O–H groups in total. The topological polar surface area (TPSA) is 51.2 Å². The molecule has 0 fully saturated rings. The molecule has 0 aliphatic carbocycles. The fraction of sp³-hybridized carbons (Fsp3) is 0.200.